The number of nitrogens with one attached hydrogen (secondary N) is 1. The lowest BCUT2D eigenvalue weighted by molar-refractivity contribution is -0.114. The van der Waals surface area contributed by atoms with Crippen molar-refractivity contribution in [3.05, 3.63) is 83.1 Å². The summed E-state index contributed by atoms with van der Waals surface area (Å²) < 4.78 is 5.48. The van der Waals surface area contributed by atoms with Crippen LogP contribution in [0, 0.1) is 0 Å². The Labute approximate surface area is 189 Å². The summed E-state index contributed by atoms with van der Waals surface area (Å²) in [4.78, 5) is 24.8. The smallest absolute Gasteiger partial charge is 0.408 e. The van der Waals surface area contributed by atoms with Gasteiger partial charge in [0.1, 0.15) is 5.60 Å². The number of carbonyl (C=O) groups excluding carboxylic acids is 2. The fourth-order valence-electron chi connectivity index (χ4n) is 4.32. The highest BCUT2D eigenvalue weighted by Crippen LogP contribution is 2.42. The highest BCUT2D eigenvalue weighted by atomic mass is 16.6. The van der Waals surface area contributed by atoms with Crippen LogP contribution in [0.1, 0.15) is 63.1 Å². The first-order chi connectivity index (χ1) is 15.2. The first-order valence-electron chi connectivity index (χ1n) is 11.1. The van der Waals surface area contributed by atoms with Crippen LogP contribution in [0.5, 0.6) is 0 Å². The molecule has 3 N–H and O–H groups in total. The number of rotatable bonds is 4. The van der Waals surface area contributed by atoms with E-state index in [9.17, 15) is 9.59 Å². The molecule has 2 aliphatic rings. The lowest BCUT2D eigenvalue weighted by Crippen LogP contribution is -2.52. The zero-order chi connectivity index (χ0) is 22.9. The van der Waals surface area contributed by atoms with Gasteiger partial charge in [-0.25, -0.2) is 4.79 Å². The SMILES string of the molecule is CC(C)(C)OC(=O)NC1(c2ccc(C3=C(c4ccccc4)C=C(N)C(=O)C3)cc2)CCC1. The van der Waals surface area contributed by atoms with Gasteiger partial charge >= 0.3 is 6.09 Å². The average molecular weight is 431 g/mol. The van der Waals surface area contributed by atoms with Crippen molar-refractivity contribution in [1.82, 2.24) is 5.32 Å². The molecule has 5 heteroatoms. The van der Waals surface area contributed by atoms with Crippen molar-refractivity contribution in [3.8, 4) is 0 Å². The number of hydrogen-bond acceptors (Lipinski definition) is 4. The van der Waals surface area contributed by atoms with Crippen LogP contribution in [0.4, 0.5) is 4.79 Å². The molecule has 1 saturated carbocycles. The molecule has 1 amide bonds. The molecule has 4 rings (SSSR count). The van der Waals surface area contributed by atoms with E-state index in [1.807, 2.05) is 75.4 Å². The van der Waals surface area contributed by atoms with Gasteiger partial charge < -0.3 is 15.8 Å². The van der Waals surface area contributed by atoms with Crippen molar-refractivity contribution in [1.29, 1.82) is 0 Å². The highest BCUT2D eigenvalue weighted by molar-refractivity contribution is 6.13. The largest absolute Gasteiger partial charge is 0.444 e. The summed E-state index contributed by atoms with van der Waals surface area (Å²) in [6.07, 6.45) is 4.46. The molecule has 0 aliphatic heterocycles. The van der Waals surface area contributed by atoms with Crippen molar-refractivity contribution in [2.75, 3.05) is 0 Å². The van der Waals surface area contributed by atoms with Crippen molar-refractivity contribution < 1.29 is 14.3 Å². The van der Waals surface area contributed by atoms with Gasteiger partial charge in [0.05, 0.1) is 11.2 Å². The third kappa shape index (κ3) is 4.47. The number of ether oxygens (including phenoxy) is 1. The second-order valence-electron chi connectivity index (χ2n) is 9.60. The molecule has 166 valence electrons. The third-order valence-corrected chi connectivity index (χ3v) is 6.10. The van der Waals surface area contributed by atoms with E-state index in [4.69, 9.17) is 10.5 Å². The summed E-state index contributed by atoms with van der Waals surface area (Å²) in [5.74, 6) is -0.0641. The minimum absolute atomic E-state index is 0.0641. The Morgan fingerprint density at radius 2 is 1.66 bits per heavy atom. The topological polar surface area (TPSA) is 81.4 Å². The first kappa shape index (κ1) is 21.9. The molecule has 0 bridgehead atoms. The molecule has 2 aromatic carbocycles. The molecule has 0 radical (unpaired) electrons. The Hall–Kier alpha value is -3.34. The number of amides is 1. The van der Waals surface area contributed by atoms with Gasteiger partial charge in [-0.05, 0) is 73.9 Å². The van der Waals surface area contributed by atoms with Crippen LogP contribution in [-0.4, -0.2) is 17.5 Å². The molecule has 2 aromatic rings. The highest BCUT2D eigenvalue weighted by Gasteiger charge is 2.41. The van der Waals surface area contributed by atoms with Crippen LogP contribution in [0.3, 0.4) is 0 Å². The molecular formula is C27H30N2O3. The van der Waals surface area contributed by atoms with E-state index in [-0.39, 0.29) is 12.2 Å². The maximum Gasteiger partial charge on any atom is 0.408 e. The van der Waals surface area contributed by atoms with Crippen LogP contribution >= 0.6 is 0 Å². The van der Waals surface area contributed by atoms with E-state index in [0.29, 0.717) is 5.70 Å². The normalized spacial score (nSPS) is 18.0. The summed E-state index contributed by atoms with van der Waals surface area (Å²) in [6, 6.07) is 18.1. The molecule has 0 spiro atoms. The summed E-state index contributed by atoms with van der Waals surface area (Å²) in [5, 5.41) is 3.10. The molecular weight excluding hydrogens is 400 g/mol. The molecule has 0 unspecified atom stereocenters. The number of carbonyl (C=O) groups is 2. The Balaban J connectivity index is 1.65. The summed E-state index contributed by atoms with van der Waals surface area (Å²) in [5.41, 5.74) is 10.3. The van der Waals surface area contributed by atoms with E-state index < -0.39 is 17.2 Å². The lowest BCUT2D eigenvalue weighted by atomic mass is 9.71. The molecule has 32 heavy (non-hydrogen) atoms. The van der Waals surface area contributed by atoms with Gasteiger partial charge in [0, 0.05) is 6.42 Å². The van der Waals surface area contributed by atoms with Crippen LogP contribution in [0.15, 0.2) is 66.4 Å². The number of allylic oxidation sites excluding steroid dienone is 4. The van der Waals surface area contributed by atoms with Crippen molar-refractivity contribution in [3.63, 3.8) is 0 Å². The molecule has 5 nitrogen and oxygen atoms in total. The standard InChI is InChI=1S/C27H30N2O3/c1-26(2,3)32-25(31)29-27(14-7-15-27)20-12-10-19(11-13-20)22-17-24(30)23(28)16-21(22)18-8-5-4-6-9-18/h4-6,8-13,16H,7,14-15,17,28H2,1-3H3,(H,29,31). The number of ketones is 1. The van der Waals surface area contributed by atoms with Gasteiger partial charge in [0.15, 0.2) is 5.78 Å². The monoisotopic (exact) mass is 430 g/mol. The molecule has 0 saturated heterocycles. The molecule has 2 aliphatic carbocycles. The Morgan fingerprint density at radius 1 is 1.00 bits per heavy atom. The fraction of sp³-hybridized carbons (Fsp3) is 0.333. The van der Waals surface area contributed by atoms with Crippen LogP contribution in [-0.2, 0) is 15.1 Å². The summed E-state index contributed by atoms with van der Waals surface area (Å²) >= 11 is 0. The van der Waals surface area contributed by atoms with E-state index in [1.165, 1.54) is 0 Å². The average Bonchev–Trinajstić information content (AvgIpc) is 2.72. The van der Waals surface area contributed by atoms with E-state index >= 15 is 0 Å². The fourth-order valence-corrected chi connectivity index (χ4v) is 4.32. The lowest BCUT2D eigenvalue weighted by Gasteiger charge is -2.43. The maximum absolute atomic E-state index is 12.4. The van der Waals surface area contributed by atoms with Gasteiger partial charge in [-0.3, -0.25) is 4.79 Å². The number of alkyl carbamates (subject to hydrolysis) is 1. The van der Waals surface area contributed by atoms with Crippen molar-refractivity contribution in [2.24, 2.45) is 5.73 Å². The zero-order valence-corrected chi connectivity index (χ0v) is 18.9. The Morgan fingerprint density at radius 3 is 2.22 bits per heavy atom. The second kappa shape index (κ2) is 8.30. The third-order valence-electron chi connectivity index (χ3n) is 6.10. The number of Topliss-reactive ketones (excluding diaryl/α,β-unsaturated/α-hetero) is 1. The van der Waals surface area contributed by atoms with Crippen LogP contribution in [0.25, 0.3) is 11.1 Å². The molecule has 0 atom stereocenters. The molecule has 1 fully saturated rings. The zero-order valence-electron chi connectivity index (χ0n) is 18.9. The number of nitrogens with two attached hydrogens (primary N) is 1. The van der Waals surface area contributed by atoms with Crippen LogP contribution in [0.2, 0.25) is 0 Å². The van der Waals surface area contributed by atoms with Gasteiger partial charge in [0.25, 0.3) is 0 Å². The number of benzene rings is 2. The minimum atomic E-state index is -0.540. The quantitative estimate of drug-likeness (QED) is 0.688. The van der Waals surface area contributed by atoms with E-state index in [1.54, 1.807) is 6.08 Å². The van der Waals surface area contributed by atoms with Gasteiger partial charge in [0.2, 0.25) is 0 Å². The van der Waals surface area contributed by atoms with Crippen LogP contribution < -0.4 is 11.1 Å². The van der Waals surface area contributed by atoms with Gasteiger partial charge in [-0.1, -0.05) is 54.6 Å². The minimum Gasteiger partial charge on any atom is -0.444 e. The van der Waals surface area contributed by atoms with Gasteiger partial charge in [-0.2, -0.15) is 0 Å². The maximum atomic E-state index is 12.4. The number of hydrogen-bond donors (Lipinski definition) is 2. The van der Waals surface area contributed by atoms with E-state index in [2.05, 4.69) is 5.32 Å². The second-order valence-corrected chi connectivity index (χ2v) is 9.60. The first-order valence-corrected chi connectivity index (χ1v) is 11.1. The summed E-state index contributed by atoms with van der Waals surface area (Å²) in [6.45, 7) is 5.58. The van der Waals surface area contributed by atoms with Crippen molar-refractivity contribution >= 4 is 23.0 Å². The van der Waals surface area contributed by atoms with E-state index in [0.717, 1.165) is 47.1 Å². The Bertz CT molecular complexity index is 1090. The molecule has 0 aromatic heterocycles. The van der Waals surface area contributed by atoms with Gasteiger partial charge in [-0.15, -0.1) is 0 Å². The summed E-state index contributed by atoms with van der Waals surface area (Å²) in [7, 11) is 0. The predicted molar refractivity (Wildman–Crippen MR) is 126 cm³/mol. The predicted octanol–water partition coefficient (Wildman–Crippen LogP) is 5.32. The van der Waals surface area contributed by atoms with Crippen molar-refractivity contribution in [2.45, 2.75) is 57.6 Å². The molecule has 0 heterocycles. The Kier molecular flexibility index (Phi) is 5.68.